The van der Waals surface area contributed by atoms with Gasteiger partial charge in [0.1, 0.15) is 0 Å². The lowest BCUT2D eigenvalue weighted by Gasteiger charge is -2.15. The van der Waals surface area contributed by atoms with Gasteiger partial charge in [-0.05, 0) is 6.42 Å². The van der Waals surface area contributed by atoms with Crippen molar-refractivity contribution < 1.29 is 18.0 Å². The number of carbonyl (C=O) groups excluding carboxylic acids is 1. The van der Waals surface area contributed by atoms with Crippen LogP contribution < -0.4 is 11.1 Å². The van der Waals surface area contributed by atoms with Crippen molar-refractivity contribution in [1.29, 1.82) is 0 Å². The van der Waals surface area contributed by atoms with E-state index in [0.29, 0.717) is 6.42 Å². The normalized spacial score (nSPS) is 13.3. The Labute approximate surface area is 91.2 Å². The number of halogens is 3. The number of alkyl halides is 3. The molecule has 0 aliphatic carbocycles. The van der Waals surface area contributed by atoms with E-state index in [-0.39, 0.29) is 4.99 Å². The predicted octanol–water partition coefficient (Wildman–Crippen LogP) is 1.51. The van der Waals surface area contributed by atoms with E-state index in [2.05, 4.69) is 17.5 Å². The summed E-state index contributed by atoms with van der Waals surface area (Å²) >= 11 is 4.63. The fraction of sp³-hybridized carbons (Fsp3) is 0.750. The molecule has 88 valence electrons. The van der Waals surface area contributed by atoms with Crippen LogP contribution in [0.3, 0.4) is 0 Å². The SMILES string of the molecule is CCC(NC(=O)CCC(F)(F)F)C(N)=S. The molecule has 0 aliphatic rings. The molecule has 0 bridgehead atoms. The summed E-state index contributed by atoms with van der Waals surface area (Å²) in [5, 5.41) is 2.33. The first-order valence-electron chi connectivity index (χ1n) is 4.41. The molecular weight excluding hydrogens is 229 g/mol. The molecule has 0 rings (SSSR count). The summed E-state index contributed by atoms with van der Waals surface area (Å²) < 4.78 is 35.3. The molecule has 15 heavy (non-hydrogen) atoms. The second-order valence-electron chi connectivity index (χ2n) is 3.05. The smallest absolute Gasteiger partial charge is 0.389 e. The molecule has 0 aliphatic heterocycles. The Kier molecular flexibility index (Phi) is 5.56. The van der Waals surface area contributed by atoms with E-state index in [1.807, 2.05) is 0 Å². The summed E-state index contributed by atoms with van der Waals surface area (Å²) in [7, 11) is 0. The summed E-state index contributed by atoms with van der Waals surface area (Å²) in [4.78, 5) is 11.1. The first kappa shape index (κ1) is 14.2. The van der Waals surface area contributed by atoms with Crippen LogP contribution in [0.4, 0.5) is 13.2 Å². The quantitative estimate of drug-likeness (QED) is 0.718. The zero-order valence-electron chi connectivity index (χ0n) is 8.23. The van der Waals surface area contributed by atoms with Gasteiger partial charge < -0.3 is 11.1 Å². The highest BCUT2D eigenvalue weighted by Crippen LogP contribution is 2.21. The number of carbonyl (C=O) groups is 1. The molecule has 7 heteroatoms. The van der Waals surface area contributed by atoms with Crippen molar-refractivity contribution in [3.8, 4) is 0 Å². The second kappa shape index (κ2) is 5.89. The first-order chi connectivity index (χ1) is 6.76. The highest BCUT2D eigenvalue weighted by molar-refractivity contribution is 7.80. The zero-order valence-corrected chi connectivity index (χ0v) is 9.04. The lowest BCUT2D eigenvalue weighted by Crippen LogP contribution is -2.43. The van der Waals surface area contributed by atoms with Gasteiger partial charge in [-0.15, -0.1) is 0 Å². The summed E-state index contributed by atoms with van der Waals surface area (Å²) in [6, 6.07) is -0.527. The third kappa shape index (κ3) is 7.12. The second-order valence-corrected chi connectivity index (χ2v) is 3.52. The molecule has 1 unspecified atom stereocenters. The number of rotatable bonds is 5. The summed E-state index contributed by atoms with van der Waals surface area (Å²) in [5.41, 5.74) is 5.27. The Balaban J connectivity index is 3.98. The standard InChI is InChI=1S/C8H13F3N2OS/c1-2-5(7(12)15)13-6(14)3-4-8(9,10)11/h5H,2-4H2,1H3,(H2,12,15)(H,13,14). The minimum Gasteiger partial charge on any atom is -0.392 e. The van der Waals surface area contributed by atoms with E-state index in [9.17, 15) is 18.0 Å². The van der Waals surface area contributed by atoms with Crippen molar-refractivity contribution in [3.63, 3.8) is 0 Å². The van der Waals surface area contributed by atoms with Gasteiger partial charge in [0.05, 0.1) is 17.5 Å². The maximum absolute atomic E-state index is 11.8. The molecule has 0 aromatic rings. The van der Waals surface area contributed by atoms with E-state index >= 15 is 0 Å². The number of hydrogen-bond donors (Lipinski definition) is 2. The average Bonchev–Trinajstić information content (AvgIpc) is 2.09. The van der Waals surface area contributed by atoms with Crippen LogP contribution in [0.1, 0.15) is 26.2 Å². The summed E-state index contributed by atoms with van der Waals surface area (Å²) in [6.07, 6.45) is -5.58. The van der Waals surface area contributed by atoms with Crippen molar-refractivity contribution >= 4 is 23.1 Å². The van der Waals surface area contributed by atoms with Gasteiger partial charge in [0.15, 0.2) is 0 Å². The first-order valence-corrected chi connectivity index (χ1v) is 4.82. The van der Waals surface area contributed by atoms with Gasteiger partial charge in [-0.3, -0.25) is 4.79 Å². The van der Waals surface area contributed by atoms with Gasteiger partial charge in [-0.1, -0.05) is 19.1 Å². The van der Waals surface area contributed by atoms with Gasteiger partial charge in [-0.2, -0.15) is 13.2 Å². The van der Waals surface area contributed by atoms with Crippen LogP contribution in [-0.4, -0.2) is 23.1 Å². The zero-order chi connectivity index (χ0) is 12.1. The highest BCUT2D eigenvalue weighted by atomic mass is 32.1. The van der Waals surface area contributed by atoms with E-state index in [0.717, 1.165) is 0 Å². The molecule has 0 radical (unpaired) electrons. The molecule has 0 heterocycles. The number of nitrogens with two attached hydrogens (primary N) is 1. The van der Waals surface area contributed by atoms with E-state index < -0.39 is 31.0 Å². The molecule has 3 nitrogen and oxygen atoms in total. The number of nitrogens with one attached hydrogen (secondary N) is 1. The molecule has 0 saturated heterocycles. The molecule has 1 atom stereocenters. The topological polar surface area (TPSA) is 55.1 Å². The Morgan fingerprint density at radius 3 is 2.40 bits per heavy atom. The molecule has 1 amide bonds. The van der Waals surface area contributed by atoms with Crippen LogP contribution in [0.5, 0.6) is 0 Å². The van der Waals surface area contributed by atoms with Crippen LogP contribution >= 0.6 is 12.2 Å². The van der Waals surface area contributed by atoms with E-state index in [1.165, 1.54) is 0 Å². The van der Waals surface area contributed by atoms with E-state index in [4.69, 9.17) is 5.73 Å². The summed E-state index contributed by atoms with van der Waals surface area (Å²) in [6.45, 7) is 1.73. The highest BCUT2D eigenvalue weighted by Gasteiger charge is 2.28. The van der Waals surface area contributed by atoms with Crippen LogP contribution in [0.25, 0.3) is 0 Å². The third-order valence-corrected chi connectivity index (χ3v) is 2.01. The molecule has 0 saturated carbocycles. The molecule has 0 spiro atoms. The predicted molar refractivity (Wildman–Crippen MR) is 54.3 cm³/mol. The fourth-order valence-electron chi connectivity index (χ4n) is 0.896. The van der Waals surface area contributed by atoms with Crippen molar-refractivity contribution in [3.05, 3.63) is 0 Å². The monoisotopic (exact) mass is 242 g/mol. The van der Waals surface area contributed by atoms with Crippen molar-refractivity contribution in [2.75, 3.05) is 0 Å². The van der Waals surface area contributed by atoms with Gasteiger partial charge in [0.25, 0.3) is 0 Å². The lowest BCUT2D eigenvalue weighted by atomic mass is 10.2. The molecule has 3 N–H and O–H groups in total. The molecular formula is C8H13F3N2OS. The fourth-order valence-corrected chi connectivity index (χ4v) is 1.12. The minimum absolute atomic E-state index is 0.0814. The minimum atomic E-state index is -4.32. The molecule has 0 aromatic heterocycles. The third-order valence-electron chi connectivity index (χ3n) is 1.72. The van der Waals surface area contributed by atoms with Crippen LogP contribution in [0.2, 0.25) is 0 Å². The number of hydrogen-bond acceptors (Lipinski definition) is 2. The van der Waals surface area contributed by atoms with Crippen LogP contribution in [-0.2, 0) is 4.79 Å². The Bertz CT molecular complexity index is 243. The van der Waals surface area contributed by atoms with Crippen molar-refractivity contribution in [1.82, 2.24) is 5.32 Å². The maximum atomic E-state index is 11.8. The van der Waals surface area contributed by atoms with E-state index in [1.54, 1.807) is 6.92 Å². The van der Waals surface area contributed by atoms with Crippen LogP contribution in [0, 0.1) is 0 Å². The largest absolute Gasteiger partial charge is 0.392 e. The Morgan fingerprint density at radius 2 is 2.07 bits per heavy atom. The molecule has 0 aromatic carbocycles. The van der Waals surface area contributed by atoms with Gasteiger partial charge >= 0.3 is 6.18 Å². The van der Waals surface area contributed by atoms with Gasteiger partial charge in [0.2, 0.25) is 5.91 Å². The van der Waals surface area contributed by atoms with Gasteiger partial charge in [-0.25, -0.2) is 0 Å². The average molecular weight is 242 g/mol. The number of thiocarbonyl (C=S) groups is 1. The summed E-state index contributed by atoms with van der Waals surface area (Å²) in [5.74, 6) is -0.688. The molecule has 0 fully saturated rings. The lowest BCUT2D eigenvalue weighted by molar-refractivity contribution is -0.144. The van der Waals surface area contributed by atoms with Crippen molar-refractivity contribution in [2.45, 2.75) is 38.4 Å². The maximum Gasteiger partial charge on any atom is 0.389 e. The Hall–Kier alpha value is -0.850. The van der Waals surface area contributed by atoms with Crippen LogP contribution in [0.15, 0.2) is 0 Å². The van der Waals surface area contributed by atoms with Crippen molar-refractivity contribution in [2.24, 2.45) is 5.73 Å². The number of amides is 1. The Morgan fingerprint density at radius 1 is 1.53 bits per heavy atom. The van der Waals surface area contributed by atoms with Gasteiger partial charge in [0, 0.05) is 6.42 Å².